The quantitative estimate of drug-likeness (QED) is 0.832. The van der Waals surface area contributed by atoms with E-state index in [0.29, 0.717) is 26.5 Å². The highest BCUT2D eigenvalue weighted by molar-refractivity contribution is 6.42. The van der Waals surface area contributed by atoms with Gasteiger partial charge in [-0.1, -0.05) is 40.9 Å². The fourth-order valence-electron chi connectivity index (χ4n) is 1.61. The van der Waals surface area contributed by atoms with Crippen molar-refractivity contribution in [2.24, 2.45) is 0 Å². The molecular weight excluding hydrogens is 319 g/mol. The van der Waals surface area contributed by atoms with Crippen molar-refractivity contribution in [2.45, 2.75) is 13.5 Å². The van der Waals surface area contributed by atoms with Gasteiger partial charge in [-0.25, -0.2) is 4.98 Å². The van der Waals surface area contributed by atoms with Crippen LogP contribution in [0.25, 0.3) is 0 Å². The highest BCUT2D eigenvalue weighted by Gasteiger charge is 2.09. The first-order valence-corrected chi connectivity index (χ1v) is 7.21. The van der Waals surface area contributed by atoms with Crippen molar-refractivity contribution in [3.63, 3.8) is 0 Å². The third kappa shape index (κ3) is 3.69. The molecule has 0 fully saturated rings. The molecule has 0 aliphatic rings. The number of pyridine rings is 1. The molecule has 0 bridgehead atoms. The highest BCUT2D eigenvalue weighted by atomic mass is 35.5. The molecule has 3 nitrogen and oxygen atoms in total. The first-order chi connectivity index (χ1) is 9.61. The van der Waals surface area contributed by atoms with Crippen molar-refractivity contribution < 1.29 is 4.74 Å². The van der Waals surface area contributed by atoms with E-state index in [9.17, 15) is 0 Å². The lowest BCUT2D eigenvalue weighted by Gasteiger charge is -2.11. The Labute approximate surface area is 132 Å². The molecule has 1 N–H and O–H groups in total. The van der Waals surface area contributed by atoms with Crippen LogP contribution >= 0.6 is 34.8 Å². The molecule has 2 rings (SSSR count). The number of benzene rings is 1. The van der Waals surface area contributed by atoms with Crippen LogP contribution in [0, 0.1) is 0 Å². The second-order valence-corrected chi connectivity index (χ2v) is 5.19. The highest BCUT2D eigenvalue weighted by Crippen LogP contribution is 2.32. The summed E-state index contributed by atoms with van der Waals surface area (Å²) < 4.78 is 5.63. The van der Waals surface area contributed by atoms with Crippen LogP contribution in [-0.2, 0) is 6.61 Å². The minimum atomic E-state index is 0.220. The Morgan fingerprint density at radius 2 is 1.90 bits per heavy atom. The molecule has 2 aromatic rings. The summed E-state index contributed by atoms with van der Waals surface area (Å²) in [7, 11) is 0. The average Bonchev–Trinajstić information content (AvgIpc) is 2.44. The number of nitrogens with zero attached hydrogens (tertiary/aromatic N) is 1. The van der Waals surface area contributed by atoms with Gasteiger partial charge in [0, 0.05) is 6.54 Å². The van der Waals surface area contributed by atoms with Gasteiger partial charge in [0.05, 0.1) is 15.7 Å². The van der Waals surface area contributed by atoms with Crippen LogP contribution in [0.1, 0.15) is 12.6 Å². The number of nitrogens with one attached hydrogen (secondary N) is 1. The molecule has 1 aromatic carbocycles. The number of hydrogen-bond donors (Lipinski definition) is 1. The van der Waals surface area contributed by atoms with Crippen LogP contribution in [0.15, 0.2) is 30.3 Å². The van der Waals surface area contributed by atoms with Crippen LogP contribution in [0.4, 0.5) is 5.82 Å². The predicted molar refractivity (Wildman–Crippen MR) is 84.2 cm³/mol. The third-order valence-electron chi connectivity index (χ3n) is 2.56. The van der Waals surface area contributed by atoms with E-state index in [2.05, 4.69) is 10.3 Å². The van der Waals surface area contributed by atoms with Crippen molar-refractivity contribution in [1.82, 2.24) is 4.98 Å². The summed E-state index contributed by atoms with van der Waals surface area (Å²) >= 11 is 18.1. The van der Waals surface area contributed by atoms with E-state index in [1.165, 1.54) is 0 Å². The van der Waals surface area contributed by atoms with Gasteiger partial charge in [-0.2, -0.15) is 0 Å². The number of ether oxygens (including phenoxy) is 1. The zero-order valence-electron chi connectivity index (χ0n) is 10.8. The molecule has 0 unspecified atom stereocenters. The van der Waals surface area contributed by atoms with Crippen LogP contribution in [0.2, 0.25) is 15.1 Å². The molecule has 6 heteroatoms. The number of rotatable bonds is 5. The Balaban J connectivity index is 2.14. The van der Waals surface area contributed by atoms with E-state index in [0.717, 1.165) is 12.4 Å². The number of anilines is 1. The first-order valence-electron chi connectivity index (χ1n) is 6.08. The largest absolute Gasteiger partial charge is 0.486 e. The lowest BCUT2D eigenvalue weighted by atomic mass is 10.3. The molecule has 106 valence electrons. The molecule has 0 saturated heterocycles. The molecule has 0 spiro atoms. The minimum Gasteiger partial charge on any atom is -0.486 e. The first kappa shape index (κ1) is 15.2. The van der Waals surface area contributed by atoms with Gasteiger partial charge in [0.2, 0.25) is 0 Å². The van der Waals surface area contributed by atoms with Crippen molar-refractivity contribution in [3.8, 4) is 5.75 Å². The van der Waals surface area contributed by atoms with Crippen molar-refractivity contribution in [1.29, 1.82) is 0 Å². The maximum absolute atomic E-state index is 6.10. The third-order valence-corrected chi connectivity index (χ3v) is 3.70. The molecule has 1 aromatic heterocycles. The summed E-state index contributed by atoms with van der Waals surface area (Å²) in [5.74, 6) is 1.26. The maximum atomic E-state index is 6.10. The lowest BCUT2D eigenvalue weighted by molar-refractivity contribution is 0.302. The fraction of sp³-hybridized carbons (Fsp3) is 0.214. The van der Waals surface area contributed by atoms with Crippen molar-refractivity contribution in [2.75, 3.05) is 11.9 Å². The van der Waals surface area contributed by atoms with E-state index in [1.54, 1.807) is 24.3 Å². The van der Waals surface area contributed by atoms with Crippen LogP contribution in [0.5, 0.6) is 5.75 Å². The van der Waals surface area contributed by atoms with E-state index in [1.807, 2.05) is 13.0 Å². The van der Waals surface area contributed by atoms with E-state index in [4.69, 9.17) is 39.5 Å². The summed E-state index contributed by atoms with van der Waals surface area (Å²) in [4.78, 5) is 4.39. The molecule has 0 aliphatic carbocycles. The van der Waals surface area contributed by atoms with Crippen molar-refractivity contribution in [3.05, 3.63) is 51.1 Å². The van der Waals surface area contributed by atoms with Gasteiger partial charge in [-0.15, -0.1) is 0 Å². The van der Waals surface area contributed by atoms with Gasteiger partial charge in [0.25, 0.3) is 0 Å². The summed E-state index contributed by atoms with van der Waals surface area (Å²) in [5, 5.41) is 4.50. The van der Waals surface area contributed by atoms with Gasteiger partial charge in [-0.3, -0.25) is 0 Å². The minimum absolute atomic E-state index is 0.220. The van der Waals surface area contributed by atoms with Crippen molar-refractivity contribution >= 4 is 40.6 Å². The topological polar surface area (TPSA) is 34.1 Å². The molecular formula is C14H13Cl3N2O. The van der Waals surface area contributed by atoms with Crippen LogP contribution < -0.4 is 10.1 Å². The monoisotopic (exact) mass is 330 g/mol. The summed E-state index contributed by atoms with van der Waals surface area (Å²) in [6, 6.07) is 8.82. The van der Waals surface area contributed by atoms with Gasteiger partial charge >= 0.3 is 0 Å². The average molecular weight is 332 g/mol. The van der Waals surface area contributed by atoms with Gasteiger partial charge in [-0.05, 0) is 31.2 Å². The van der Waals surface area contributed by atoms with Gasteiger partial charge in [0.15, 0.2) is 0 Å². The Morgan fingerprint density at radius 1 is 1.10 bits per heavy atom. The maximum Gasteiger partial charge on any atom is 0.140 e. The number of aromatic nitrogens is 1. The second-order valence-electron chi connectivity index (χ2n) is 4.00. The van der Waals surface area contributed by atoms with Crippen LogP contribution in [0.3, 0.4) is 0 Å². The molecule has 1 heterocycles. The Morgan fingerprint density at radius 3 is 2.65 bits per heavy atom. The Bertz CT molecular complexity index is 605. The van der Waals surface area contributed by atoms with E-state index >= 15 is 0 Å². The molecule has 0 radical (unpaired) electrons. The lowest BCUT2D eigenvalue weighted by Crippen LogP contribution is -2.04. The van der Waals surface area contributed by atoms with E-state index < -0.39 is 0 Å². The standard InChI is InChI=1S/C14H13Cl3N2O/c1-2-18-13-7-6-9(15)11(19-13)8-20-12-5-3-4-10(16)14(12)17/h3-7H,2,8H2,1H3,(H,18,19). The number of hydrogen-bond acceptors (Lipinski definition) is 3. The Kier molecular flexibility index (Phi) is 5.35. The van der Waals surface area contributed by atoms with Crippen LogP contribution in [-0.4, -0.2) is 11.5 Å². The molecule has 0 aliphatic heterocycles. The fourth-order valence-corrected chi connectivity index (χ4v) is 2.11. The molecule has 0 atom stereocenters. The zero-order chi connectivity index (χ0) is 14.5. The molecule has 20 heavy (non-hydrogen) atoms. The zero-order valence-corrected chi connectivity index (χ0v) is 13.1. The molecule has 0 saturated carbocycles. The number of halogens is 3. The summed E-state index contributed by atoms with van der Waals surface area (Å²) in [5.41, 5.74) is 0.640. The second kappa shape index (κ2) is 7.02. The smallest absolute Gasteiger partial charge is 0.140 e. The SMILES string of the molecule is CCNc1ccc(Cl)c(COc2cccc(Cl)c2Cl)n1. The predicted octanol–water partition coefficient (Wildman–Crippen LogP) is 5.05. The van der Waals surface area contributed by atoms with Gasteiger partial charge < -0.3 is 10.1 Å². The summed E-state index contributed by atoms with van der Waals surface area (Å²) in [6.45, 7) is 3.01. The van der Waals surface area contributed by atoms with Gasteiger partial charge in [0.1, 0.15) is 23.2 Å². The van der Waals surface area contributed by atoms with E-state index in [-0.39, 0.29) is 6.61 Å². The Hall–Kier alpha value is -1.16. The molecule has 0 amide bonds. The summed E-state index contributed by atoms with van der Waals surface area (Å²) in [6.07, 6.45) is 0. The normalized spacial score (nSPS) is 10.4.